The van der Waals surface area contributed by atoms with Crippen LogP contribution < -0.4 is 9.64 Å². The van der Waals surface area contributed by atoms with Crippen molar-refractivity contribution in [3.05, 3.63) is 47.4 Å². The van der Waals surface area contributed by atoms with E-state index in [1.807, 2.05) is 19.1 Å². The Kier molecular flexibility index (Phi) is 6.25. The molecule has 0 radical (unpaired) electrons. The number of nitrogens with zero attached hydrogens (tertiary/aromatic N) is 5. The Labute approximate surface area is 161 Å². The number of anilines is 1. The van der Waals surface area contributed by atoms with Crippen molar-refractivity contribution in [3.63, 3.8) is 0 Å². The molecule has 142 valence electrons. The van der Waals surface area contributed by atoms with Gasteiger partial charge in [0, 0.05) is 50.4 Å². The molecule has 27 heavy (non-hydrogen) atoms. The molecule has 2 heterocycles. The normalized spacial score (nSPS) is 15.0. The predicted octanol–water partition coefficient (Wildman–Crippen LogP) is 2.98. The van der Waals surface area contributed by atoms with Gasteiger partial charge in [-0.2, -0.15) is 5.26 Å². The van der Waals surface area contributed by atoms with Crippen LogP contribution in [0, 0.1) is 18.3 Å². The molecule has 1 aliphatic rings. The number of aryl methyl sites for hydroxylation is 1. The van der Waals surface area contributed by atoms with E-state index in [9.17, 15) is 0 Å². The highest BCUT2D eigenvalue weighted by molar-refractivity contribution is 5.40. The van der Waals surface area contributed by atoms with Crippen molar-refractivity contribution in [1.29, 1.82) is 5.26 Å². The lowest BCUT2D eigenvalue weighted by Gasteiger charge is -2.35. The Morgan fingerprint density at radius 2 is 1.81 bits per heavy atom. The Morgan fingerprint density at radius 3 is 2.44 bits per heavy atom. The van der Waals surface area contributed by atoms with E-state index in [4.69, 9.17) is 15.0 Å². The van der Waals surface area contributed by atoms with Crippen molar-refractivity contribution < 1.29 is 4.74 Å². The van der Waals surface area contributed by atoms with Gasteiger partial charge < -0.3 is 9.64 Å². The molecule has 1 saturated heterocycles. The molecule has 0 N–H and O–H groups in total. The fourth-order valence-electron chi connectivity index (χ4n) is 3.11. The van der Waals surface area contributed by atoms with Gasteiger partial charge in [-0.15, -0.1) is 0 Å². The number of hydrogen-bond acceptors (Lipinski definition) is 6. The summed E-state index contributed by atoms with van der Waals surface area (Å²) in [7, 11) is 0. The molecule has 2 aromatic rings. The van der Waals surface area contributed by atoms with Gasteiger partial charge in [0.05, 0.1) is 11.6 Å². The Bertz CT molecular complexity index is 789. The number of rotatable bonds is 6. The van der Waals surface area contributed by atoms with Crippen LogP contribution in [0.25, 0.3) is 0 Å². The summed E-state index contributed by atoms with van der Waals surface area (Å²) in [6, 6.07) is 11.5. The van der Waals surface area contributed by atoms with Gasteiger partial charge in [0.25, 0.3) is 0 Å². The molecule has 1 fully saturated rings. The molecular formula is C21H27N5O. The first-order chi connectivity index (χ1) is 13.0. The molecule has 0 amide bonds. The van der Waals surface area contributed by atoms with E-state index < -0.39 is 0 Å². The maximum atomic E-state index is 8.83. The molecule has 6 heteroatoms. The summed E-state index contributed by atoms with van der Waals surface area (Å²) in [4.78, 5) is 14.0. The molecular weight excluding hydrogens is 338 g/mol. The van der Waals surface area contributed by atoms with Gasteiger partial charge in [-0.05, 0) is 31.2 Å². The van der Waals surface area contributed by atoms with E-state index in [2.05, 4.69) is 40.8 Å². The summed E-state index contributed by atoms with van der Waals surface area (Å²) >= 11 is 0. The molecule has 0 unspecified atom stereocenters. The van der Waals surface area contributed by atoms with Crippen LogP contribution in [-0.2, 0) is 0 Å². The fraction of sp³-hybridized carbons (Fsp3) is 0.476. The molecule has 1 aromatic carbocycles. The molecule has 1 aromatic heterocycles. The van der Waals surface area contributed by atoms with Gasteiger partial charge in [0.2, 0.25) is 0 Å². The van der Waals surface area contributed by atoms with Crippen LogP contribution in [0.5, 0.6) is 5.75 Å². The van der Waals surface area contributed by atoms with Gasteiger partial charge >= 0.3 is 0 Å². The van der Waals surface area contributed by atoms with Gasteiger partial charge in [0.15, 0.2) is 0 Å². The highest BCUT2D eigenvalue weighted by Crippen LogP contribution is 2.19. The number of hydrogen-bond donors (Lipinski definition) is 0. The topological polar surface area (TPSA) is 65.3 Å². The third-order valence-electron chi connectivity index (χ3n) is 4.73. The van der Waals surface area contributed by atoms with Crippen molar-refractivity contribution in [2.75, 3.05) is 44.2 Å². The van der Waals surface area contributed by atoms with Crippen LogP contribution >= 0.6 is 0 Å². The highest BCUT2D eigenvalue weighted by atomic mass is 16.5. The average Bonchev–Trinajstić information content (AvgIpc) is 2.68. The molecule has 0 atom stereocenters. The number of aromatic nitrogens is 2. The van der Waals surface area contributed by atoms with Crippen LogP contribution in [0.4, 0.5) is 5.82 Å². The van der Waals surface area contributed by atoms with Crippen LogP contribution in [-0.4, -0.2) is 54.2 Å². The average molecular weight is 365 g/mol. The van der Waals surface area contributed by atoms with E-state index in [-0.39, 0.29) is 0 Å². The van der Waals surface area contributed by atoms with Crippen molar-refractivity contribution in [2.24, 2.45) is 0 Å². The quantitative estimate of drug-likeness (QED) is 0.784. The van der Waals surface area contributed by atoms with Crippen molar-refractivity contribution in [1.82, 2.24) is 14.9 Å². The summed E-state index contributed by atoms with van der Waals surface area (Å²) < 4.78 is 5.79. The maximum absolute atomic E-state index is 8.83. The molecule has 0 aliphatic carbocycles. The highest BCUT2D eigenvalue weighted by Gasteiger charge is 2.19. The zero-order valence-electron chi connectivity index (χ0n) is 16.4. The monoisotopic (exact) mass is 365 g/mol. The zero-order chi connectivity index (χ0) is 19.2. The van der Waals surface area contributed by atoms with Crippen molar-refractivity contribution in [2.45, 2.75) is 26.7 Å². The molecule has 3 rings (SSSR count). The van der Waals surface area contributed by atoms with Gasteiger partial charge in [-0.1, -0.05) is 13.8 Å². The Balaban J connectivity index is 1.47. The molecule has 1 aliphatic heterocycles. The lowest BCUT2D eigenvalue weighted by atomic mass is 10.2. The van der Waals surface area contributed by atoms with Gasteiger partial charge in [-0.3, -0.25) is 4.90 Å². The van der Waals surface area contributed by atoms with Crippen LogP contribution in [0.3, 0.4) is 0 Å². The minimum absolute atomic E-state index is 0.337. The largest absolute Gasteiger partial charge is 0.492 e. The second kappa shape index (κ2) is 8.83. The second-order valence-corrected chi connectivity index (χ2v) is 7.19. The minimum atomic E-state index is 0.337. The summed E-state index contributed by atoms with van der Waals surface area (Å²) in [5, 5.41) is 8.83. The van der Waals surface area contributed by atoms with Crippen LogP contribution in [0.15, 0.2) is 30.3 Å². The summed E-state index contributed by atoms with van der Waals surface area (Å²) in [6.45, 7) is 11.8. The summed E-state index contributed by atoms with van der Waals surface area (Å²) in [6.07, 6.45) is 0. The first-order valence-electron chi connectivity index (χ1n) is 9.51. The molecule has 0 saturated carbocycles. The van der Waals surface area contributed by atoms with Crippen LogP contribution in [0.2, 0.25) is 0 Å². The Morgan fingerprint density at radius 1 is 1.11 bits per heavy atom. The van der Waals surface area contributed by atoms with Gasteiger partial charge in [-0.25, -0.2) is 9.97 Å². The number of nitriles is 1. The molecule has 0 spiro atoms. The Hall–Kier alpha value is -2.65. The van der Waals surface area contributed by atoms with Crippen molar-refractivity contribution >= 4 is 5.82 Å². The minimum Gasteiger partial charge on any atom is -0.492 e. The lowest BCUT2D eigenvalue weighted by molar-refractivity contribution is 0.200. The first kappa shape index (κ1) is 19.1. The first-order valence-corrected chi connectivity index (χ1v) is 9.51. The van der Waals surface area contributed by atoms with E-state index in [1.54, 1.807) is 12.1 Å². The number of benzene rings is 1. The summed E-state index contributed by atoms with van der Waals surface area (Å²) in [5.41, 5.74) is 1.68. The SMILES string of the molecule is Cc1cc(N2CCN(CCOc3ccc(C#N)cc3)CC2)nc(C(C)C)n1. The molecule has 0 bridgehead atoms. The van der Waals surface area contributed by atoms with Crippen molar-refractivity contribution in [3.8, 4) is 11.8 Å². The standard InChI is InChI=1S/C21H27N5O/c1-16(2)21-23-17(3)14-20(24-21)26-10-8-25(9-11-26)12-13-27-19-6-4-18(15-22)5-7-19/h4-7,14,16H,8-13H2,1-3H3. The smallest absolute Gasteiger partial charge is 0.133 e. The van der Waals surface area contributed by atoms with E-state index in [0.717, 1.165) is 55.8 Å². The molecule has 6 nitrogen and oxygen atoms in total. The third kappa shape index (κ3) is 5.18. The second-order valence-electron chi connectivity index (χ2n) is 7.19. The number of piperazine rings is 1. The maximum Gasteiger partial charge on any atom is 0.133 e. The predicted molar refractivity (Wildman–Crippen MR) is 106 cm³/mol. The van der Waals surface area contributed by atoms with E-state index in [0.29, 0.717) is 18.1 Å². The van der Waals surface area contributed by atoms with E-state index in [1.165, 1.54) is 0 Å². The zero-order valence-corrected chi connectivity index (χ0v) is 16.4. The summed E-state index contributed by atoms with van der Waals surface area (Å²) in [5.74, 6) is 3.11. The third-order valence-corrected chi connectivity index (χ3v) is 4.73. The lowest BCUT2D eigenvalue weighted by Crippen LogP contribution is -2.47. The van der Waals surface area contributed by atoms with Crippen LogP contribution in [0.1, 0.15) is 36.8 Å². The van der Waals surface area contributed by atoms with E-state index >= 15 is 0 Å². The van der Waals surface area contributed by atoms with Gasteiger partial charge in [0.1, 0.15) is 24.0 Å². The fourth-order valence-corrected chi connectivity index (χ4v) is 3.11. The number of ether oxygens (including phenoxy) is 1.